The topological polar surface area (TPSA) is 57.0 Å². The Bertz CT molecular complexity index is 678. The molecular weight excluding hydrogens is 266 g/mol. The van der Waals surface area contributed by atoms with E-state index in [1.165, 1.54) is 12.8 Å². The third kappa shape index (κ3) is 2.22. The molecule has 0 amide bonds. The minimum atomic E-state index is -0.466. The molecule has 0 N–H and O–H groups in total. The second-order valence-corrected chi connectivity index (χ2v) is 5.86. The largest absolute Gasteiger partial charge is 0.469 e. The van der Waals surface area contributed by atoms with Crippen molar-refractivity contribution in [2.75, 3.05) is 7.11 Å². The Balaban J connectivity index is 2.07. The van der Waals surface area contributed by atoms with Crippen LogP contribution in [-0.4, -0.2) is 27.8 Å². The first kappa shape index (κ1) is 13.8. The molecule has 1 atom stereocenters. The molecule has 2 aromatic heterocycles. The van der Waals surface area contributed by atoms with E-state index in [-0.39, 0.29) is 5.97 Å². The van der Waals surface area contributed by atoms with E-state index in [9.17, 15) is 4.79 Å². The van der Waals surface area contributed by atoms with E-state index in [0.717, 1.165) is 29.7 Å². The number of fused-ring (bicyclic) bond motifs is 1. The van der Waals surface area contributed by atoms with Gasteiger partial charge in [0.1, 0.15) is 0 Å². The van der Waals surface area contributed by atoms with E-state index in [2.05, 4.69) is 10.1 Å². The first-order valence-corrected chi connectivity index (χ1v) is 7.09. The molecule has 0 aliphatic heterocycles. The van der Waals surface area contributed by atoms with Gasteiger partial charge in [-0.1, -0.05) is 0 Å². The molecule has 3 rings (SSSR count). The molecule has 21 heavy (non-hydrogen) atoms. The molecule has 0 radical (unpaired) electrons. The molecule has 2 heterocycles. The van der Waals surface area contributed by atoms with Crippen LogP contribution in [0, 0.1) is 5.41 Å². The van der Waals surface area contributed by atoms with Crippen molar-refractivity contribution in [2.24, 2.45) is 12.5 Å². The van der Waals surface area contributed by atoms with Gasteiger partial charge in [0.05, 0.1) is 18.2 Å². The second-order valence-electron chi connectivity index (χ2n) is 5.86. The van der Waals surface area contributed by atoms with Crippen LogP contribution in [0.1, 0.15) is 24.6 Å². The number of hydrogen-bond donors (Lipinski definition) is 0. The molecule has 0 saturated carbocycles. The Kier molecular flexibility index (Phi) is 3.27. The number of ether oxygens (including phenoxy) is 1. The number of nitrogens with zero attached hydrogens (tertiary/aromatic N) is 3. The number of aromatic nitrogens is 3. The lowest BCUT2D eigenvalue weighted by atomic mass is 9.74. The van der Waals surface area contributed by atoms with Crippen molar-refractivity contribution in [2.45, 2.75) is 26.2 Å². The lowest BCUT2D eigenvalue weighted by molar-refractivity contribution is -0.152. The van der Waals surface area contributed by atoms with Crippen LogP contribution in [0.5, 0.6) is 0 Å². The normalized spacial score (nSPS) is 20.9. The molecule has 0 aromatic carbocycles. The van der Waals surface area contributed by atoms with Gasteiger partial charge in [0.25, 0.3) is 0 Å². The van der Waals surface area contributed by atoms with Gasteiger partial charge in [-0.3, -0.25) is 14.5 Å². The van der Waals surface area contributed by atoms with Gasteiger partial charge >= 0.3 is 5.97 Å². The summed E-state index contributed by atoms with van der Waals surface area (Å²) in [7, 11) is 3.42. The van der Waals surface area contributed by atoms with Gasteiger partial charge in [0.2, 0.25) is 0 Å². The van der Waals surface area contributed by atoms with Crippen molar-refractivity contribution >= 4 is 5.97 Å². The van der Waals surface area contributed by atoms with Crippen LogP contribution in [0.2, 0.25) is 0 Å². The van der Waals surface area contributed by atoms with Gasteiger partial charge < -0.3 is 4.74 Å². The van der Waals surface area contributed by atoms with E-state index in [1.807, 2.05) is 30.8 Å². The summed E-state index contributed by atoms with van der Waals surface area (Å²) in [6.07, 6.45) is 5.83. The Hall–Kier alpha value is -2.17. The number of pyridine rings is 1. The predicted octanol–water partition coefficient (Wildman–Crippen LogP) is 2.15. The number of hydrogen-bond acceptors (Lipinski definition) is 4. The van der Waals surface area contributed by atoms with Crippen LogP contribution in [0.15, 0.2) is 24.5 Å². The number of rotatable bonds is 2. The Labute approximate surface area is 124 Å². The maximum Gasteiger partial charge on any atom is 0.311 e. The van der Waals surface area contributed by atoms with Gasteiger partial charge in [-0.05, 0) is 38.3 Å². The zero-order valence-corrected chi connectivity index (χ0v) is 12.6. The molecule has 5 nitrogen and oxygen atoms in total. The lowest BCUT2D eigenvalue weighted by Gasteiger charge is -2.31. The molecule has 1 unspecified atom stereocenters. The van der Waals surface area contributed by atoms with Crippen LogP contribution in [0.4, 0.5) is 0 Å². The smallest absolute Gasteiger partial charge is 0.311 e. The fourth-order valence-corrected chi connectivity index (χ4v) is 3.14. The fourth-order valence-electron chi connectivity index (χ4n) is 3.14. The molecule has 1 aliphatic carbocycles. The quantitative estimate of drug-likeness (QED) is 0.793. The van der Waals surface area contributed by atoms with Crippen molar-refractivity contribution < 1.29 is 9.53 Å². The van der Waals surface area contributed by atoms with Crippen LogP contribution in [0.3, 0.4) is 0 Å². The lowest BCUT2D eigenvalue weighted by Crippen LogP contribution is -2.35. The fraction of sp³-hybridized carbons (Fsp3) is 0.438. The van der Waals surface area contributed by atoms with E-state index in [4.69, 9.17) is 4.74 Å². The van der Waals surface area contributed by atoms with Crippen molar-refractivity contribution in [3.8, 4) is 11.3 Å². The van der Waals surface area contributed by atoms with Gasteiger partial charge in [-0.2, -0.15) is 5.10 Å². The zero-order chi connectivity index (χ0) is 15.0. The molecule has 0 fully saturated rings. The van der Waals surface area contributed by atoms with Gasteiger partial charge in [-0.25, -0.2) is 0 Å². The Morgan fingerprint density at radius 3 is 2.76 bits per heavy atom. The number of carbonyl (C=O) groups is 1. The van der Waals surface area contributed by atoms with Crippen LogP contribution >= 0.6 is 0 Å². The van der Waals surface area contributed by atoms with Gasteiger partial charge in [0.15, 0.2) is 0 Å². The highest BCUT2D eigenvalue weighted by Gasteiger charge is 2.40. The minimum absolute atomic E-state index is 0.141. The molecule has 0 saturated heterocycles. The molecular formula is C16H19N3O2. The zero-order valence-electron chi connectivity index (χ0n) is 12.6. The summed E-state index contributed by atoms with van der Waals surface area (Å²) < 4.78 is 6.92. The predicted molar refractivity (Wildman–Crippen MR) is 78.6 cm³/mol. The summed E-state index contributed by atoms with van der Waals surface area (Å²) in [6.45, 7) is 1.98. The summed E-state index contributed by atoms with van der Waals surface area (Å²) in [5.74, 6) is -0.141. The first-order valence-electron chi connectivity index (χ1n) is 7.09. The van der Waals surface area contributed by atoms with Crippen molar-refractivity contribution in [3.63, 3.8) is 0 Å². The van der Waals surface area contributed by atoms with Crippen LogP contribution in [-0.2, 0) is 29.4 Å². The molecule has 110 valence electrons. The third-order valence-electron chi connectivity index (χ3n) is 4.39. The highest BCUT2D eigenvalue weighted by atomic mass is 16.5. The Morgan fingerprint density at radius 2 is 2.10 bits per heavy atom. The van der Waals surface area contributed by atoms with Gasteiger partial charge in [-0.15, -0.1) is 0 Å². The molecule has 0 spiro atoms. The highest BCUT2D eigenvalue weighted by molar-refractivity contribution is 5.78. The summed E-state index contributed by atoms with van der Waals surface area (Å²) in [6, 6.07) is 3.90. The monoisotopic (exact) mass is 285 g/mol. The molecule has 2 aromatic rings. The summed E-state index contributed by atoms with van der Waals surface area (Å²) in [5.41, 5.74) is 3.89. The minimum Gasteiger partial charge on any atom is -0.469 e. The van der Waals surface area contributed by atoms with E-state index in [1.54, 1.807) is 12.4 Å². The first-order chi connectivity index (χ1) is 10.0. The van der Waals surface area contributed by atoms with Crippen molar-refractivity contribution in [1.82, 2.24) is 14.8 Å². The van der Waals surface area contributed by atoms with Crippen molar-refractivity contribution in [1.29, 1.82) is 0 Å². The maximum atomic E-state index is 12.1. The number of esters is 1. The van der Waals surface area contributed by atoms with E-state index in [0.29, 0.717) is 6.42 Å². The Morgan fingerprint density at radius 1 is 1.38 bits per heavy atom. The van der Waals surface area contributed by atoms with Crippen molar-refractivity contribution in [3.05, 3.63) is 35.8 Å². The van der Waals surface area contributed by atoms with E-state index >= 15 is 0 Å². The maximum absolute atomic E-state index is 12.1. The number of carbonyl (C=O) groups excluding carboxylic acids is 1. The highest BCUT2D eigenvalue weighted by Crippen LogP contribution is 2.40. The average molecular weight is 285 g/mol. The standard InChI is InChI=1S/C16H19N3O2/c1-16(15(20)21-3)7-4-13-12(10-16)14(18-19(13)2)11-5-8-17-9-6-11/h5-6,8-9H,4,7,10H2,1-3H3. The second kappa shape index (κ2) is 4.98. The molecule has 5 heteroatoms. The summed E-state index contributed by atoms with van der Waals surface area (Å²) >= 11 is 0. The number of methoxy groups -OCH3 is 1. The van der Waals surface area contributed by atoms with Crippen LogP contribution in [0.25, 0.3) is 11.3 Å². The molecule has 0 bridgehead atoms. The SMILES string of the molecule is COC(=O)C1(C)CCc2c(c(-c3ccncc3)nn2C)C1. The summed E-state index contributed by atoms with van der Waals surface area (Å²) in [4.78, 5) is 16.1. The summed E-state index contributed by atoms with van der Waals surface area (Å²) in [5, 5.41) is 4.65. The van der Waals surface area contributed by atoms with Crippen LogP contribution < -0.4 is 0 Å². The average Bonchev–Trinajstić information content (AvgIpc) is 2.83. The van der Waals surface area contributed by atoms with E-state index < -0.39 is 5.41 Å². The third-order valence-corrected chi connectivity index (χ3v) is 4.39. The van der Waals surface area contributed by atoms with Gasteiger partial charge in [0, 0.05) is 36.3 Å². The number of aryl methyl sites for hydroxylation is 1. The molecule has 1 aliphatic rings.